The third-order valence-electron chi connectivity index (χ3n) is 3.09. The number of benzene rings is 2. The fourth-order valence-electron chi connectivity index (χ4n) is 1.99. The van der Waals surface area contributed by atoms with Gasteiger partial charge in [0.25, 0.3) is 5.91 Å². The smallest absolute Gasteiger partial charge is 0.261 e. The molecule has 2 aromatic rings. The van der Waals surface area contributed by atoms with Crippen LogP contribution in [0.1, 0.15) is 27.6 Å². The first-order valence-electron chi connectivity index (χ1n) is 7.25. The summed E-state index contributed by atoms with van der Waals surface area (Å²) >= 11 is 5.13. The first-order valence-corrected chi connectivity index (χ1v) is 7.66. The van der Waals surface area contributed by atoms with Gasteiger partial charge in [0.2, 0.25) is 5.91 Å². The van der Waals surface area contributed by atoms with Gasteiger partial charge >= 0.3 is 0 Å². The van der Waals surface area contributed by atoms with Crippen LogP contribution >= 0.6 is 12.2 Å². The lowest BCUT2D eigenvalue weighted by molar-refractivity contribution is 0.0971. The fraction of sp³-hybridized carbons (Fsp3) is 0.118. The van der Waals surface area contributed by atoms with Crippen LogP contribution in [0.15, 0.2) is 48.5 Å². The van der Waals surface area contributed by atoms with Gasteiger partial charge in [0.1, 0.15) is 5.75 Å². The Labute approximate surface area is 145 Å². The van der Waals surface area contributed by atoms with Crippen molar-refractivity contribution in [3.05, 3.63) is 59.7 Å². The summed E-state index contributed by atoms with van der Waals surface area (Å²) in [5, 5.41) is 5.59. The maximum absolute atomic E-state index is 12.3. The Bertz CT molecular complexity index is 760. The SMILES string of the molecule is CCOc1ccccc1C(=O)NC(=S)Nc1ccc(C(N)=O)cc1. The van der Waals surface area contributed by atoms with E-state index in [4.69, 9.17) is 22.7 Å². The van der Waals surface area contributed by atoms with Gasteiger partial charge in [-0.3, -0.25) is 14.9 Å². The predicted octanol–water partition coefficient (Wildman–Crippen LogP) is 2.31. The van der Waals surface area contributed by atoms with Gasteiger partial charge in [-0.15, -0.1) is 0 Å². The van der Waals surface area contributed by atoms with E-state index in [1.165, 1.54) is 0 Å². The number of primary amides is 1. The molecule has 0 radical (unpaired) electrons. The quantitative estimate of drug-likeness (QED) is 0.725. The van der Waals surface area contributed by atoms with Gasteiger partial charge in [0.15, 0.2) is 5.11 Å². The molecule has 0 atom stereocenters. The predicted molar refractivity (Wildman–Crippen MR) is 96.3 cm³/mol. The molecule has 0 unspecified atom stereocenters. The van der Waals surface area contributed by atoms with Gasteiger partial charge in [0, 0.05) is 11.3 Å². The highest BCUT2D eigenvalue weighted by molar-refractivity contribution is 7.80. The Morgan fingerprint density at radius 2 is 1.79 bits per heavy atom. The summed E-state index contributed by atoms with van der Waals surface area (Å²) in [4.78, 5) is 23.3. The Morgan fingerprint density at radius 3 is 2.42 bits per heavy atom. The summed E-state index contributed by atoms with van der Waals surface area (Å²) < 4.78 is 5.43. The van der Waals surface area contributed by atoms with Crippen molar-refractivity contribution in [3.63, 3.8) is 0 Å². The average molecular weight is 343 g/mol. The van der Waals surface area contributed by atoms with Gasteiger partial charge < -0.3 is 15.8 Å². The largest absolute Gasteiger partial charge is 0.493 e. The van der Waals surface area contributed by atoms with Crippen LogP contribution in [0.5, 0.6) is 5.75 Å². The molecule has 0 spiro atoms. The minimum atomic E-state index is -0.509. The molecule has 0 aliphatic rings. The van der Waals surface area contributed by atoms with Gasteiger partial charge in [-0.05, 0) is 55.5 Å². The molecule has 0 aliphatic heterocycles. The number of hydrogen-bond donors (Lipinski definition) is 3. The lowest BCUT2D eigenvalue weighted by atomic mass is 10.2. The second-order valence-electron chi connectivity index (χ2n) is 4.78. The Balaban J connectivity index is 2.01. The van der Waals surface area contributed by atoms with Crippen molar-refractivity contribution in [2.24, 2.45) is 5.73 Å². The minimum absolute atomic E-state index is 0.137. The third-order valence-corrected chi connectivity index (χ3v) is 3.29. The molecule has 0 saturated heterocycles. The molecule has 2 amide bonds. The highest BCUT2D eigenvalue weighted by atomic mass is 32.1. The van der Waals surface area contributed by atoms with Gasteiger partial charge in [-0.25, -0.2) is 0 Å². The van der Waals surface area contributed by atoms with E-state index in [1.807, 2.05) is 6.92 Å². The molecule has 24 heavy (non-hydrogen) atoms. The number of nitrogens with one attached hydrogen (secondary N) is 2. The average Bonchev–Trinajstić information content (AvgIpc) is 2.56. The van der Waals surface area contributed by atoms with Crippen LogP contribution in [-0.4, -0.2) is 23.5 Å². The van der Waals surface area contributed by atoms with Crippen LogP contribution < -0.4 is 21.1 Å². The van der Waals surface area contributed by atoms with E-state index in [1.54, 1.807) is 48.5 Å². The topological polar surface area (TPSA) is 93.4 Å². The Kier molecular flexibility index (Phi) is 5.86. The molecule has 0 saturated carbocycles. The normalized spacial score (nSPS) is 9.88. The molecule has 2 aromatic carbocycles. The lowest BCUT2D eigenvalue weighted by Crippen LogP contribution is -2.34. The standard InChI is InChI=1S/C17H17N3O3S/c1-2-23-14-6-4-3-5-13(14)16(22)20-17(24)19-12-9-7-11(8-10-12)15(18)21/h3-10H,2H2,1H3,(H2,18,21)(H2,19,20,22,24). The van der Waals surface area contributed by atoms with E-state index in [-0.39, 0.29) is 11.0 Å². The summed E-state index contributed by atoms with van der Waals surface area (Å²) in [6, 6.07) is 13.3. The molecule has 7 heteroatoms. The zero-order valence-electron chi connectivity index (χ0n) is 13.0. The Hall–Kier alpha value is -2.93. The van der Waals surface area contributed by atoms with Crippen molar-refractivity contribution < 1.29 is 14.3 Å². The monoisotopic (exact) mass is 343 g/mol. The van der Waals surface area contributed by atoms with E-state index < -0.39 is 5.91 Å². The van der Waals surface area contributed by atoms with E-state index in [0.717, 1.165) is 0 Å². The number of thiocarbonyl (C=S) groups is 1. The molecule has 0 bridgehead atoms. The number of rotatable bonds is 5. The van der Waals surface area contributed by atoms with Crippen molar-refractivity contribution in [1.82, 2.24) is 5.32 Å². The van der Waals surface area contributed by atoms with E-state index in [9.17, 15) is 9.59 Å². The Morgan fingerprint density at radius 1 is 1.12 bits per heavy atom. The third kappa shape index (κ3) is 4.53. The first-order chi connectivity index (χ1) is 11.5. The molecular weight excluding hydrogens is 326 g/mol. The molecule has 4 N–H and O–H groups in total. The van der Waals surface area contributed by atoms with Crippen LogP contribution in [0.25, 0.3) is 0 Å². The summed E-state index contributed by atoms with van der Waals surface area (Å²) in [6.45, 7) is 2.30. The minimum Gasteiger partial charge on any atom is -0.493 e. The van der Waals surface area contributed by atoms with Gasteiger partial charge in [-0.2, -0.15) is 0 Å². The molecule has 6 nitrogen and oxygen atoms in total. The molecule has 0 fully saturated rings. The number of amides is 2. The van der Waals surface area contributed by atoms with Crippen molar-refractivity contribution in [3.8, 4) is 5.75 Å². The second kappa shape index (κ2) is 8.07. The highest BCUT2D eigenvalue weighted by Crippen LogP contribution is 2.17. The number of ether oxygens (including phenoxy) is 1. The van der Waals surface area contributed by atoms with Crippen LogP contribution in [0.3, 0.4) is 0 Å². The van der Waals surface area contributed by atoms with Crippen molar-refractivity contribution in [1.29, 1.82) is 0 Å². The van der Waals surface area contributed by atoms with Crippen molar-refractivity contribution in [2.75, 3.05) is 11.9 Å². The molecule has 2 rings (SSSR count). The molecule has 124 valence electrons. The fourth-order valence-corrected chi connectivity index (χ4v) is 2.20. The summed E-state index contributed by atoms with van der Waals surface area (Å²) in [7, 11) is 0. The number of hydrogen-bond acceptors (Lipinski definition) is 4. The van der Waals surface area contributed by atoms with E-state index in [0.29, 0.717) is 29.2 Å². The molecule has 0 aliphatic carbocycles. The number of carbonyl (C=O) groups is 2. The summed E-state index contributed by atoms with van der Waals surface area (Å²) in [5.74, 6) is -0.388. The van der Waals surface area contributed by atoms with E-state index >= 15 is 0 Å². The zero-order chi connectivity index (χ0) is 17.5. The number of nitrogens with two attached hydrogens (primary N) is 1. The number of carbonyl (C=O) groups excluding carboxylic acids is 2. The maximum Gasteiger partial charge on any atom is 0.261 e. The van der Waals surface area contributed by atoms with E-state index in [2.05, 4.69) is 10.6 Å². The zero-order valence-corrected chi connectivity index (χ0v) is 13.9. The number of para-hydroxylation sites is 1. The molecule has 0 aromatic heterocycles. The van der Waals surface area contributed by atoms with Gasteiger partial charge in [0.05, 0.1) is 12.2 Å². The van der Waals surface area contributed by atoms with Crippen molar-refractivity contribution in [2.45, 2.75) is 6.92 Å². The maximum atomic E-state index is 12.3. The lowest BCUT2D eigenvalue weighted by Gasteiger charge is -2.12. The second-order valence-corrected chi connectivity index (χ2v) is 5.19. The molecule has 0 heterocycles. The first kappa shape index (κ1) is 17.4. The van der Waals surface area contributed by atoms with Crippen LogP contribution in [0.4, 0.5) is 5.69 Å². The number of anilines is 1. The van der Waals surface area contributed by atoms with Gasteiger partial charge in [-0.1, -0.05) is 12.1 Å². The molecular formula is C17H17N3O3S. The summed E-state index contributed by atoms with van der Waals surface area (Å²) in [5.41, 5.74) is 6.59. The van der Waals surface area contributed by atoms with Crippen molar-refractivity contribution >= 4 is 34.8 Å². The highest BCUT2D eigenvalue weighted by Gasteiger charge is 2.13. The van der Waals surface area contributed by atoms with Crippen LogP contribution in [0.2, 0.25) is 0 Å². The summed E-state index contributed by atoms with van der Waals surface area (Å²) in [6.07, 6.45) is 0. The van der Waals surface area contributed by atoms with Crippen LogP contribution in [-0.2, 0) is 0 Å². The van der Waals surface area contributed by atoms with Crippen LogP contribution in [0, 0.1) is 0 Å².